The number of carbonyl (C=O) groups is 3. The van der Waals surface area contributed by atoms with E-state index in [0.29, 0.717) is 40.3 Å². The van der Waals surface area contributed by atoms with Crippen LogP contribution in [0.25, 0.3) is 17.3 Å². The van der Waals surface area contributed by atoms with Crippen LogP contribution in [0.3, 0.4) is 0 Å². The quantitative estimate of drug-likeness (QED) is 0.358. The van der Waals surface area contributed by atoms with Crippen molar-refractivity contribution in [3.8, 4) is 11.3 Å². The number of anilines is 1. The summed E-state index contributed by atoms with van der Waals surface area (Å²) < 4.78 is 0. The van der Waals surface area contributed by atoms with E-state index in [1.165, 1.54) is 0 Å². The molecule has 2 amide bonds. The zero-order valence-corrected chi connectivity index (χ0v) is 22.2. The van der Waals surface area contributed by atoms with Gasteiger partial charge in [-0.25, -0.2) is 14.8 Å². The molecule has 3 aromatic rings. The summed E-state index contributed by atoms with van der Waals surface area (Å²) in [4.78, 5) is 51.0. The highest BCUT2D eigenvalue weighted by Gasteiger charge is 2.26. The number of aryl methyl sites for hydroxylation is 1. The van der Waals surface area contributed by atoms with E-state index in [1.807, 2.05) is 25.1 Å². The van der Waals surface area contributed by atoms with E-state index in [9.17, 15) is 19.5 Å². The second-order valence-corrected chi connectivity index (χ2v) is 10.6. The first-order valence-electron chi connectivity index (χ1n) is 12.7. The van der Waals surface area contributed by atoms with Gasteiger partial charge in [0.1, 0.15) is 0 Å². The zero-order valence-electron chi connectivity index (χ0n) is 21.4. The van der Waals surface area contributed by atoms with Crippen LogP contribution in [-0.4, -0.2) is 56.8 Å². The molecule has 39 heavy (non-hydrogen) atoms. The molecule has 200 valence electrons. The third-order valence-corrected chi connectivity index (χ3v) is 7.59. The number of nitrogens with one attached hydrogen (secondary N) is 2. The third-order valence-electron chi connectivity index (χ3n) is 6.78. The molecule has 2 aromatic heterocycles. The summed E-state index contributed by atoms with van der Waals surface area (Å²) in [6, 6.07) is 10.9. The van der Waals surface area contributed by atoms with Crippen LogP contribution in [0.15, 0.2) is 53.7 Å². The first-order chi connectivity index (χ1) is 18.9. The van der Waals surface area contributed by atoms with Crippen LogP contribution >= 0.6 is 11.8 Å². The molecule has 4 heterocycles. The van der Waals surface area contributed by atoms with Gasteiger partial charge in [-0.05, 0) is 79.9 Å². The Labute approximate surface area is 230 Å². The smallest absolute Gasteiger partial charge is 0.336 e. The molecule has 1 aromatic carbocycles. The van der Waals surface area contributed by atoms with Crippen LogP contribution in [0.4, 0.5) is 10.7 Å². The lowest BCUT2D eigenvalue weighted by atomic mass is 9.96. The number of rotatable bonds is 8. The monoisotopic (exact) mass is 544 g/mol. The number of amides is 2. The van der Waals surface area contributed by atoms with E-state index in [-0.39, 0.29) is 10.8 Å². The van der Waals surface area contributed by atoms with Crippen molar-refractivity contribution in [2.24, 2.45) is 5.92 Å². The van der Waals surface area contributed by atoms with Crippen LogP contribution in [0.1, 0.15) is 40.0 Å². The highest BCUT2D eigenvalue weighted by Crippen LogP contribution is 2.28. The number of aromatic carboxylic acids is 1. The Morgan fingerprint density at radius 2 is 2.00 bits per heavy atom. The number of carbonyl (C=O) groups excluding carboxylic acids is 2. The molecular weight excluding hydrogens is 516 g/mol. The molecular formula is C28H28N6O4S. The number of benzene rings is 1. The highest BCUT2D eigenvalue weighted by atomic mass is 32.2. The Morgan fingerprint density at radius 1 is 1.18 bits per heavy atom. The Kier molecular flexibility index (Phi) is 7.99. The topological polar surface area (TPSA) is 137 Å². The van der Waals surface area contributed by atoms with E-state index >= 15 is 0 Å². The molecule has 0 spiro atoms. The maximum atomic E-state index is 11.8. The molecule has 0 radical (unpaired) electrons. The normalized spacial score (nSPS) is 17.1. The summed E-state index contributed by atoms with van der Waals surface area (Å²) in [6.07, 6.45) is 6.90. The van der Waals surface area contributed by atoms with Crippen molar-refractivity contribution in [2.75, 3.05) is 24.5 Å². The molecule has 0 aliphatic carbocycles. The zero-order chi connectivity index (χ0) is 27.4. The lowest BCUT2D eigenvalue weighted by Crippen LogP contribution is -2.38. The molecule has 11 heteroatoms. The molecule has 0 bridgehead atoms. The molecule has 10 nitrogen and oxygen atoms in total. The predicted molar refractivity (Wildman–Crippen MR) is 149 cm³/mol. The van der Waals surface area contributed by atoms with Crippen molar-refractivity contribution in [3.63, 3.8) is 0 Å². The van der Waals surface area contributed by atoms with Crippen LogP contribution in [0.2, 0.25) is 0 Å². The standard InChI is InChI=1S/C28H28N6O4S/c1-17-4-5-21(26(36)37)22(13-17)24-19(3-2-9-30-24)16-29-15-18-7-11-34(12-8-18)27-31-10-6-20(32-27)14-23-25(35)33-28(38)39-23/h2-6,9-10,13-14,18,29H,7-8,11-12,15-16H2,1H3,(H,36,37)(H,33,35,38). The Balaban J connectivity index is 1.17. The maximum Gasteiger partial charge on any atom is 0.336 e. The number of hydrogen-bond acceptors (Lipinski definition) is 9. The first-order valence-corrected chi connectivity index (χ1v) is 13.5. The van der Waals surface area contributed by atoms with Gasteiger partial charge in [-0.2, -0.15) is 0 Å². The van der Waals surface area contributed by atoms with Crippen LogP contribution in [0, 0.1) is 12.8 Å². The fourth-order valence-electron chi connectivity index (χ4n) is 4.76. The SMILES string of the molecule is Cc1ccc(C(=O)O)c(-c2ncccc2CNCC2CCN(c3nccc(C=C4SC(=O)NC4=O)n3)CC2)c1. The van der Waals surface area contributed by atoms with Crippen molar-refractivity contribution >= 4 is 40.9 Å². The summed E-state index contributed by atoms with van der Waals surface area (Å²) >= 11 is 0.869. The summed E-state index contributed by atoms with van der Waals surface area (Å²) in [5.41, 5.74) is 4.08. The molecule has 2 aliphatic rings. The minimum atomic E-state index is -0.967. The van der Waals surface area contributed by atoms with Gasteiger partial charge in [0.05, 0.1) is 21.9 Å². The molecule has 2 saturated heterocycles. The first kappa shape index (κ1) is 26.5. The van der Waals surface area contributed by atoms with Gasteiger partial charge in [-0.1, -0.05) is 17.7 Å². The molecule has 5 rings (SSSR count). The summed E-state index contributed by atoms with van der Waals surface area (Å²) in [5, 5.41) is 15.1. The van der Waals surface area contributed by atoms with Gasteiger partial charge in [0, 0.05) is 37.6 Å². The van der Waals surface area contributed by atoms with Crippen molar-refractivity contribution in [1.82, 2.24) is 25.6 Å². The molecule has 0 saturated carbocycles. The average molecular weight is 545 g/mol. The van der Waals surface area contributed by atoms with E-state index in [4.69, 9.17) is 0 Å². The van der Waals surface area contributed by atoms with Gasteiger partial charge in [0.15, 0.2) is 0 Å². The number of piperidine rings is 1. The number of imide groups is 1. The Hall–Kier alpha value is -4.09. The van der Waals surface area contributed by atoms with E-state index in [1.54, 1.807) is 36.7 Å². The van der Waals surface area contributed by atoms with Gasteiger partial charge < -0.3 is 15.3 Å². The van der Waals surface area contributed by atoms with Crippen LogP contribution < -0.4 is 15.5 Å². The Bertz CT molecular complexity index is 1450. The highest BCUT2D eigenvalue weighted by molar-refractivity contribution is 8.18. The molecule has 0 atom stereocenters. The van der Waals surface area contributed by atoms with Crippen molar-refractivity contribution in [2.45, 2.75) is 26.3 Å². The second-order valence-electron chi connectivity index (χ2n) is 9.56. The van der Waals surface area contributed by atoms with E-state index in [0.717, 1.165) is 55.4 Å². The van der Waals surface area contributed by atoms with Crippen LogP contribution in [0.5, 0.6) is 0 Å². The van der Waals surface area contributed by atoms with Crippen molar-refractivity contribution < 1.29 is 19.5 Å². The fourth-order valence-corrected chi connectivity index (χ4v) is 5.43. The van der Waals surface area contributed by atoms with Gasteiger partial charge in [-0.15, -0.1) is 0 Å². The van der Waals surface area contributed by atoms with E-state index < -0.39 is 11.9 Å². The summed E-state index contributed by atoms with van der Waals surface area (Å²) in [6.45, 7) is 4.97. The number of carboxylic acids is 1. The minimum absolute atomic E-state index is 0.245. The second kappa shape index (κ2) is 11.7. The van der Waals surface area contributed by atoms with Crippen LogP contribution in [-0.2, 0) is 11.3 Å². The van der Waals surface area contributed by atoms with E-state index in [2.05, 4.69) is 30.5 Å². The lowest BCUT2D eigenvalue weighted by Gasteiger charge is -2.32. The number of thioether (sulfide) groups is 1. The molecule has 2 fully saturated rings. The average Bonchev–Trinajstić information content (AvgIpc) is 3.25. The Morgan fingerprint density at radius 3 is 2.74 bits per heavy atom. The largest absolute Gasteiger partial charge is 0.478 e. The maximum absolute atomic E-state index is 11.8. The van der Waals surface area contributed by atoms with Gasteiger partial charge >= 0.3 is 5.97 Å². The minimum Gasteiger partial charge on any atom is -0.478 e. The number of nitrogens with zero attached hydrogens (tertiary/aromatic N) is 4. The lowest BCUT2D eigenvalue weighted by molar-refractivity contribution is -0.115. The predicted octanol–water partition coefficient (Wildman–Crippen LogP) is 3.88. The summed E-state index contributed by atoms with van der Waals surface area (Å²) in [5.74, 6) is -0.286. The number of aromatic nitrogens is 3. The molecule has 2 aliphatic heterocycles. The van der Waals surface area contributed by atoms with Crippen molar-refractivity contribution in [3.05, 3.63) is 76.1 Å². The summed E-state index contributed by atoms with van der Waals surface area (Å²) in [7, 11) is 0. The third kappa shape index (κ3) is 6.32. The molecule has 3 N–H and O–H groups in total. The molecule has 0 unspecified atom stereocenters. The van der Waals surface area contributed by atoms with Gasteiger partial charge in [0.25, 0.3) is 11.1 Å². The van der Waals surface area contributed by atoms with Gasteiger partial charge in [0.2, 0.25) is 5.95 Å². The number of pyridine rings is 1. The van der Waals surface area contributed by atoms with Crippen molar-refractivity contribution in [1.29, 1.82) is 0 Å². The number of carboxylic acid groups (broad SMARTS) is 1. The fraction of sp³-hybridized carbons (Fsp3) is 0.286. The number of hydrogen-bond donors (Lipinski definition) is 3. The van der Waals surface area contributed by atoms with Gasteiger partial charge in [-0.3, -0.25) is 19.9 Å².